The van der Waals surface area contributed by atoms with Crippen LogP contribution in [0.15, 0.2) is 0 Å². The highest BCUT2D eigenvalue weighted by Gasteiger charge is 2.36. The van der Waals surface area contributed by atoms with E-state index in [1.54, 1.807) is 4.90 Å². The Balaban J connectivity index is 2.54. The summed E-state index contributed by atoms with van der Waals surface area (Å²) in [6.07, 6.45) is -1.22. The van der Waals surface area contributed by atoms with Gasteiger partial charge >= 0.3 is 6.18 Å². The number of likely N-dealkylation sites (tertiary alicyclic amines) is 1. The zero-order valence-electron chi connectivity index (χ0n) is 8.06. The largest absolute Gasteiger partial charge is 0.401 e. The summed E-state index contributed by atoms with van der Waals surface area (Å²) in [4.78, 5) is 1.56. The lowest BCUT2D eigenvalue weighted by Crippen LogP contribution is -2.48. The van der Waals surface area contributed by atoms with Crippen LogP contribution in [0.2, 0.25) is 0 Å². The summed E-state index contributed by atoms with van der Waals surface area (Å²) < 4.78 is 36.4. The highest BCUT2D eigenvalue weighted by Crippen LogP contribution is 2.26. The molecule has 0 N–H and O–H groups in total. The average Bonchev–Trinajstić information content (AvgIpc) is 1.95. The first-order valence-corrected chi connectivity index (χ1v) is 4.72. The van der Waals surface area contributed by atoms with Gasteiger partial charge in [0.15, 0.2) is 0 Å². The minimum absolute atomic E-state index is 0.0744. The molecule has 1 rings (SSSR count). The summed E-state index contributed by atoms with van der Waals surface area (Å²) >= 11 is 0. The van der Waals surface area contributed by atoms with Crippen molar-refractivity contribution in [1.29, 1.82) is 0 Å². The molecule has 0 aromatic rings. The standard InChI is InChI=1S/C9H16F3N/c1-7-4-3-5-8(2)13(7)6-9(10,11)12/h7-8H,3-6H2,1-2H3. The van der Waals surface area contributed by atoms with Gasteiger partial charge in [-0.3, -0.25) is 4.90 Å². The maximum Gasteiger partial charge on any atom is 0.401 e. The average molecular weight is 195 g/mol. The number of piperidine rings is 1. The summed E-state index contributed by atoms with van der Waals surface area (Å²) in [6, 6.07) is 0.149. The number of rotatable bonds is 1. The van der Waals surface area contributed by atoms with Crippen molar-refractivity contribution in [2.45, 2.75) is 51.4 Å². The van der Waals surface area contributed by atoms with E-state index in [1.807, 2.05) is 13.8 Å². The molecule has 0 bridgehead atoms. The van der Waals surface area contributed by atoms with E-state index in [1.165, 1.54) is 0 Å². The van der Waals surface area contributed by atoms with Crippen LogP contribution in [0.4, 0.5) is 13.2 Å². The van der Waals surface area contributed by atoms with Crippen molar-refractivity contribution >= 4 is 0 Å². The van der Waals surface area contributed by atoms with Crippen molar-refractivity contribution < 1.29 is 13.2 Å². The van der Waals surface area contributed by atoms with E-state index in [2.05, 4.69) is 0 Å². The number of hydrogen-bond acceptors (Lipinski definition) is 1. The lowest BCUT2D eigenvalue weighted by atomic mass is 9.98. The molecule has 4 heteroatoms. The molecule has 0 radical (unpaired) electrons. The Hall–Kier alpha value is -0.250. The Morgan fingerprint density at radius 2 is 1.62 bits per heavy atom. The molecule has 0 saturated carbocycles. The minimum Gasteiger partial charge on any atom is -0.290 e. The second-order valence-electron chi connectivity index (χ2n) is 3.92. The van der Waals surface area contributed by atoms with E-state index >= 15 is 0 Å². The molecule has 0 spiro atoms. The Morgan fingerprint density at radius 1 is 1.15 bits per heavy atom. The van der Waals surface area contributed by atoms with E-state index < -0.39 is 12.7 Å². The van der Waals surface area contributed by atoms with Gasteiger partial charge in [0.2, 0.25) is 0 Å². The van der Waals surface area contributed by atoms with Crippen LogP contribution in [0.1, 0.15) is 33.1 Å². The van der Waals surface area contributed by atoms with Crippen LogP contribution < -0.4 is 0 Å². The van der Waals surface area contributed by atoms with Crippen LogP contribution in [0.3, 0.4) is 0 Å². The van der Waals surface area contributed by atoms with Crippen LogP contribution in [0, 0.1) is 0 Å². The van der Waals surface area contributed by atoms with Gasteiger partial charge in [-0.25, -0.2) is 0 Å². The molecule has 1 nitrogen and oxygen atoms in total. The summed E-state index contributed by atoms with van der Waals surface area (Å²) in [5, 5.41) is 0. The van der Waals surface area contributed by atoms with Crippen molar-refractivity contribution in [2.75, 3.05) is 6.54 Å². The molecular formula is C9H16F3N. The molecule has 0 amide bonds. The smallest absolute Gasteiger partial charge is 0.290 e. The molecule has 2 unspecified atom stereocenters. The van der Waals surface area contributed by atoms with E-state index in [9.17, 15) is 13.2 Å². The van der Waals surface area contributed by atoms with Crippen LogP contribution in [0.25, 0.3) is 0 Å². The number of alkyl halides is 3. The second kappa shape index (κ2) is 3.86. The van der Waals surface area contributed by atoms with Gasteiger partial charge in [0.1, 0.15) is 0 Å². The summed E-state index contributed by atoms with van der Waals surface area (Å²) in [7, 11) is 0. The summed E-state index contributed by atoms with van der Waals surface area (Å²) in [6.45, 7) is 3.00. The predicted molar refractivity (Wildman–Crippen MR) is 45.5 cm³/mol. The third-order valence-corrected chi connectivity index (χ3v) is 2.74. The maximum atomic E-state index is 12.1. The van der Waals surface area contributed by atoms with Gasteiger partial charge in [-0.05, 0) is 26.7 Å². The van der Waals surface area contributed by atoms with Gasteiger partial charge in [-0.15, -0.1) is 0 Å². The maximum absolute atomic E-state index is 12.1. The van der Waals surface area contributed by atoms with Crippen molar-refractivity contribution in [1.82, 2.24) is 4.90 Å². The van der Waals surface area contributed by atoms with Gasteiger partial charge < -0.3 is 0 Å². The monoisotopic (exact) mass is 195 g/mol. The fourth-order valence-electron chi connectivity index (χ4n) is 1.99. The van der Waals surface area contributed by atoms with Crippen molar-refractivity contribution in [3.8, 4) is 0 Å². The first kappa shape index (κ1) is 10.8. The van der Waals surface area contributed by atoms with E-state index in [-0.39, 0.29) is 12.1 Å². The molecule has 1 aliphatic heterocycles. The molecule has 0 aliphatic carbocycles. The lowest BCUT2D eigenvalue weighted by molar-refractivity contribution is -0.158. The fraction of sp³-hybridized carbons (Fsp3) is 1.00. The second-order valence-corrected chi connectivity index (χ2v) is 3.92. The molecule has 1 aliphatic rings. The first-order valence-electron chi connectivity index (χ1n) is 4.72. The van der Waals surface area contributed by atoms with Crippen LogP contribution in [-0.2, 0) is 0 Å². The van der Waals surface area contributed by atoms with Crippen molar-refractivity contribution in [2.24, 2.45) is 0 Å². The summed E-state index contributed by atoms with van der Waals surface area (Å²) in [5.74, 6) is 0. The normalized spacial score (nSPS) is 32.1. The molecule has 78 valence electrons. The van der Waals surface area contributed by atoms with Crippen molar-refractivity contribution in [3.05, 3.63) is 0 Å². The molecule has 2 atom stereocenters. The van der Waals surface area contributed by atoms with Crippen LogP contribution in [0.5, 0.6) is 0 Å². The molecule has 0 aromatic carbocycles. The molecule has 1 heterocycles. The Bertz CT molecular complexity index is 157. The Labute approximate surface area is 76.9 Å². The van der Waals surface area contributed by atoms with Gasteiger partial charge in [0.05, 0.1) is 6.54 Å². The molecule has 1 saturated heterocycles. The van der Waals surface area contributed by atoms with Crippen LogP contribution >= 0.6 is 0 Å². The quantitative estimate of drug-likeness (QED) is 0.622. The van der Waals surface area contributed by atoms with Gasteiger partial charge in [0, 0.05) is 12.1 Å². The Morgan fingerprint density at radius 3 is 2.00 bits per heavy atom. The first-order chi connectivity index (χ1) is 5.90. The van der Waals surface area contributed by atoms with E-state index in [4.69, 9.17) is 0 Å². The number of halogens is 3. The molecule has 13 heavy (non-hydrogen) atoms. The fourth-order valence-corrected chi connectivity index (χ4v) is 1.99. The molecule has 1 fully saturated rings. The van der Waals surface area contributed by atoms with Crippen LogP contribution in [-0.4, -0.2) is 29.7 Å². The third-order valence-electron chi connectivity index (χ3n) is 2.74. The lowest BCUT2D eigenvalue weighted by Gasteiger charge is -2.39. The van der Waals surface area contributed by atoms with Gasteiger partial charge in [-0.1, -0.05) is 6.42 Å². The number of hydrogen-bond donors (Lipinski definition) is 0. The SMILES string of the molecule is CC1CCCC(C)N1CC(F)(F)F. The number of nitrogens with zero attached hydrogens (tertiary/aromatic N) is 1. The third kappa shape index (κ3) is 3.18. The zero-order chi connectivity index (χ0) is 10.1. The van der Waals surface area contributed by atoms with Gasteiger partial charge in [0.25, 0.3) is 0 Å². The highest BCUT2D eigenvalue weighted by atomic mass is 19.4. The van der Waals surface area contributed by atoms with Gasteiger partial charge in [-0.2, -0.15) is 13.2 Å². The van der Waals surface area contributed by atoms with E-state index in [0.717, 1.165) is 19.3 Å². The van der Waals surface area contributed by atoms with Crippen molar-refractivity contribution in [3.63, 3.8) is 0 Å². The Kier molecular flexibility index (Phi) is 3.22. The van der Waals surface area contributed by atoms with E-state index in [0.29, 0.717) is 0 Å². The predicted octanol–water partition coefficient (Wildman–Crippen LogP) is 2.81. The summed E-state index contributed by atoms with van der Waals surface area (Å²) in [5.41, 5.74) is 0. The minimum atomic E-state index is -4.06. The zero-order valence-corrected chi connectivity index (χ0v) is 8.06. The topological polar surface area (TPSA) is 3.24 Å². The highest BCUT2D eigenvalue weighted by molar-refractivity contribution is 4.80. The molecule has 0 aromatic heterocycles. The molecular weight excluding hydrogens is 179 g/mol.